The van der Waals surface area contributed by atoms with Crippen molar-refractivity contribution >= 4 is 29.4 Å². The van der Waals surface area contributed by atoms with E-state index in [1.54, 1.807) is 6.08 Å². The number of nitrogens with zero attached hydrogens (tertiary/aromatic N) is 2. The molecule has 0 aromatic rings. The Morgan fingerprint density at radius 1 is 0.725 bits per heavy atom. The topological polar surface area (TPSA) is 169 Å². The van der Waals surface area contributed by atoms with Crippen molar-refractivity contribution in [2.75, 3.05) is 65.8 Å². The van der Waals surface area contributed by atoms with Gasteiger partial charge in [0.25, 0.3) is 0 Å². The van der Waals surface area contributed by atoms with Crippen molar-refractivity contribution in [2.45, 2.75) is 220 Å². The van der Waals surface area contributed by atoms with E-state index in [1.807, 2.05) is 11.8 Å². The molecule has 0 heterocycles. The first-order chi connectivity index (χ1) is 33.2. The quantitative estimate of drug-likeness (QED) is 0.0451. The van der Waals surface area contributed by atoms with E-state index in [1.165, 1.54) is 38.5 Å². The van der Waals surface area contributed by atoms with Crippen LogP contribution in [0.4, 0.5) is 0 Å². The highest BCUT2D eigenvalue weighted by Gasteiger charge is 2.68. The van der Waals surface area contributed by atoms with E-state index < -0.39 is 47.6 Å². The van der Waals surface area contributed by atoms with Gasteiger partial charge in [0.15, 0.2) is 12.4 Å². The van der Waals surface area contributed by atoms with Gasteiger partial charge in [0, 0.05) is 51.0 Å². The van der Waals surface area contributed by atoms with Crippen molar-refractivity contribution < 1.29 is 53.1 Å². The molecule has 0 aromatic carbocycles. The number of Topliss-reactive ketones (excluding diaryl/α,β-unsaturated/α-hetero) is 1. The molecule has 1 amide bonds. The van der Waals surface area contributed by atoms with Crippen molar-refractivity contribution in [3.63, 3.8) is 0 Å². The average Bonchev–Trinajstić information content (AvgIpc) is 3.60. The van der Waals surface area contributed by atoms with Gasteiger partial charge in [0.2, 0.25) is 11.7 Å². The summed E-state index contributed by atoms with van der Waals surface area (Å²) in [6.07, 6.45) is 19.9. The highest BCUT2D eigenvalue weighted by atomic mass is 16.6. The summed E-state index contributed by atoms with van der Waals surface area (Å²) in [6, 6.07) is 0. The van der Waals surface area contributed by atoms with E-state index in [4.69, 9.17) is 18.9 Å². The van der Waals surface area contributed by atoms with Crippen LogP contribution in [0.2, 0.25) is 0 Å². The zero-order valence-corrected chi connectivity index (χ0v) is 44.2. The summed E-state index contributed by atoms with van der Waals surface area (Å²) < 4.78 is 23.1. The first kappa shape index (κ1) is 58.9. The maximum absolute atomic E-state index is 13.8. The van der Waals surface area contributed by atoms with E-state index in [9.17, 15) is 34.2 Å². The van der Waals surface area contributed by atoms with E-state index in [0.717, 1.165) is 95.8 Å². The molecule has 4 rings (SSSR count). The lowest BCUT2D eigenvalue weighted by Gasteiger charge is -2.60. The van der Waals surface area contributed by atoms with Crippen molar-refractivity contribution in [3.05, 3.63) is 11.6 Å². The number of ether oxygens (including phenoxy) is 4. The molecule has 69 heavy (non-hydrogen) atoms. The number of hydrogen-bond acceptors (Lipinski definition) is 12. The van der Waals surface area contributed by atoms with Gasteiger partial charge >= 0.3 is 11.9 Å². The first-order valence-electron chi connectivity index (χ1n) is 27.9. The molecule has 0 aromatic heterocycles. The Balaban J connectivity index is 1.19. The van der Waals surface area contributed by atoms with Crippen LogP contribution >= 0.6 is 0 Å². The third-order valence-electron chi connectivity index (χ3n) is 16.8. The van der Waals surface area contributed by atoms with Crippen molar-refractivity contribution in [1.29, 1.82) is 0 Å². The number of allylic oxidation sites excluding steroid dienone is 1. The SMILES string of the molecule is CCCCCCCOCC(COCCCCCCC)OC(=O)CCC(=O)N(CCCCCCC(=O)OCC(=O)C1(O)CCC2C3CCC4=CC(=O)CCC4(C)C3C(O)CC21C)CCCN(CC)CC. The summed E-state index contributed by atoms with van der Waals surface area (Å²) >= 11 is 0. The van der Waals surface area contributed by atoms with E-state index in [-0.39, 0.29) is 73.8 Å². The lowest BCUT2D eigenvalue weighted by Crippen LogP contribution is -2.62. The largest absolute Gasteiger partial charge is 0.458 e. The molecule has 0 aliphatic heterocycles. The fraction of sp³-hybridized carbons (Fsp3) is 0.875. The summed E-state index contributed by atoms with van der Waals surface area (Å²) in [4.78, 5) is 69.9. The Morgan fingerprint density at radius 3 is 2.00 bits per heavy atom. The third-order valence-corrected chi connectivity index (χ3v) is 16.8. The highest BCUT2D eigenvalue weighted by Crippen LogP contribution is 2.67. The number of esters is 2. The number of fused-ring (bicyclic) bond motifs is 5. The Hall–Kier alpha value is -2.71. The fourth-order valence-electron chi connectivity index (χ4n) is 12.6. The Bertz CT molecular complexity index is 1600. The zero-order valence-electron chi connectivity index (χ0n) is 44.2. The molecule has 3 fully saturated rings. The molecule has 3 saturated carbocycles. The Morgan fingerprint density at radius 2 is 1.35 bits per heavy atom. The molecule has 7 atom stereocenters. The van der Waals surface area contributed by atoms with Gasteiger partial charge in [-0.25, -0.2) is 0 Å². The van der Waals surface area contributed by atoms with Crippen LogP contribution in [0.15, 0.2) is 11.6 Å². The number of hydrogen-bond donors (Lipinski definition) is 2. The fourth-order valence-corrected chi connectivity index (χ4v) is 12.6. The number of amides is 1. The average molecular weight is 973 g/mol. The number of carbonyl (C=O) groups is 5. The van der Waals surface area contributed by atoms with E-state index in [0.29, 0.717) is 52.0 Å². The molecule has 2 N–H and O–H groups in total. The van der Waals surface area contributed by atoms with Gasteiger partial charge < -0.3 is 39.0 Å². The van der Waals surface area contributed by atoms with Crippen LogP contribution in [0.1, 0.15) is 202 Å². The number of carbonyl (C=O) groups excluding carboxylic acids is 5. The van der Waals surface area contributed by atoms with Gasteiger partial charge in [-0.3, -0.25) is 24.0 Å². The summed E-state index contributed by atoms with van der Waals surface area (Å²) in [5, 5.41) is 23.8. The highest BCUT2D eigenvalue weighted by molar-refractivity contribution is 5.92. The minimum Gasteiger partial charge on any atom is -0.458 e. The maximum atomic E-state index is 13.8. The van der Waals surface area contributed by atoms with Crippen LogP contribution in [-0.2, 0) is 42.9 Å². The summed E-state index contributed by atoms with van der Waals surface area (Å²) in [7, 11) is 0. The normalized spacial score (nSPS) is 26.3. The summed E-state index contributed by atoms with van der Waals surface area (Å²) in [6.45, 7) is 18.0. The van der Waals surface area contributed by atoms with Gasteiger partial charge in [0.05, 0.1) is 25.7 Å². The molecule has 0 saturated heterocycles. The molecule has 0 bridgehead atoms. The minimum atomic E-state index is -1.69. The molecule has 7 unspecified atom stereocenters. The monoisotopic (exact) mass is 973 g/mol. The molecule has 4 aliphatic rings. The summed E-state index contributed by atoms with van der Waals surface area (Å²) in [5.74, 6) is -1.14. The predicted octanol–water partition coefficient (Wildman–Crippen LogP) is 9.51. The molecule has 13 nitrogen and oxygen atoms in total. The number of rotatable bonds is 36. The van der Waals surface area contributed by atoms with Crippen LogP contribution < -0.4 is 0 Å². The van der Waals surface area contributed by atoms with Crippen molar-refractivity contribution in [2.24, 2.45) is 28.6 Å². The van der Waals surface area contributed by atoms with Gasteiger partial charge in [0.1, 0.15) is 11.7 Å². The number of aliphatic hydroxyl groups is 2. The maximum Gasteiger partial charge on any atom is 0.306 e. The second-order valence-corrected chi connectivity index (χ2v) is 21.6. The Kier molecular flexibility index (Phi) is 25.9. The van der Waals surface area contributed by atoms with Crippen molar-refractivity contribution in [1.82, 2.24) is 9.80 Å². The molecule has 13 heteroatoms. The zero-order chi connectivity index (χ0) is 50.3. The van der Waals surface area contributed by atoms with Gasteiger partial charge in [-0.2, -0.15) is 0 Å². The lowest BCUT2D eigenvalue weighted by molar-refractivity contribution is -0.184. The van der Waals surface area contributed by atoms with Gasteiger partial charge in [-0.1, -0.05) is 111 Å². The van der Waals surface area contributed by atoms with Crippen LogP contribution in [0, 0.1) is 28.6 Å². The second kappa shape index (κ2) is 30.4. The van der Waals surface area contributed by atoms with Crippen LogP contribution in [0.5, 0.6) is 0 Å². The lowest BCUT2D eigenvalue weighted by atomic mass is 9.45. The smallest absolute Gasteiger partial charge is 0.306 e. The molecule has 396 valence electrons. The number of aliphatic hydroxyl groups excluding tert-OH is 1. The van der Waals surface area contributed by atoms with Crippen LogP contribution in [0.3, 0.4) is 0 Å². The van der Waals surface area contributed by atoms with Crippen molar-refractivity contribution in [3.8, 4) is 0 Å². The van der Waals surface area contributed by atoms with E-state index in [2.05, 4.69) is 39.5 Å². The second-order valence-electron chi connectivity index (χ2n) is 21.6. The number of ketones is 2. The molecule has 0 radical (unpaired) electrons. The minimum absolute atomic E-state index is 0.0111. The first-order valence-corrected chi connectivity index (χ1v) is 27.9. The molecule has 4 aliphatic carbocycles. The predicted molar refractivity (Wildman–Crippen MR) is 269 cm³/mol. The standard InChI is InChI=1S/C56H96N2O11/c1-7-11-13-17-21-36-66-40-45(41-67-37-22-18-14-12-8-2)69-52(64)28-27-50(62)58(35-23-33-57(9-3)10-4)34-20-16-15-19-24-51(63)68-42-49(61)56(65)32-30-47-46-26-25-43-38-44(59)29-31-54(43,5)53(46)48(60)39-55(47,56)6/h38,45-48,53,60,65H,7-37,39-42H2,1-6H3. The molecular weight excluding hydrogens is 877 g/mol. The van der Waals surface area contributed by atoms with Crippen LogP contribution in [-0.4, -0.2) is 133 Å². The molecular formula is C56H96N2O11. The van der Waals surface area contributed by atoms with Crippen LogP contribution in [0.25, 0.3) is 0 Å². The summed E-state index contributed by atoms with van der Waals surface area (Å²) in [5.41, 5.74) is -1.64. The third kappa shape index (κ3) is 17.2. The van der Waals surface area contributed by atoms with E-state index >= 15 is 0 Å². The molecule has 0 spiro atoms. The van der Waals surface area contributed by atoms with Gasteiger partial charge in [-0.05, 0) is 120 Å². The number of unbranched alkanes of at least 4 members (excludes halogenated alkanes) is 11. The van der Waals surface area contributed by atoms with Gasteiger partial charge in [-0.15, -0.1) is 0 Å². The Labute approximate surface area is 416 Å².